The fourth-order valence-corrected chi connectivity index (χ4v) is 2.45. The Bertz CT molecular complexity index is 639. The zero-order valence-corrected chi connectivity index (χ0v) is 23.2. The fourth-order valence-electron chi connectivity index (χ4n) is 2.45. The molecule has 39 heavy (non-hydrogen) atoms. The summed E-state index contributed by atoms with van der Waals surface area (Å²) in [6.45, 7) is 7.82. The van der Waals surface area contributed by atoms with E-state index in [1.54, 1.807) is 13.3 Å². The van der Waals surface area contributed by atoms with E-state index in [0.717, 1.165) is 0 Å². The Balaban J connectivity index is 3.42. The maximum Gasteiger partial charge on any atom is 0.152 e. The summed E-state index contributed by atoms with van der Waals surface area (Å²) in [6.07, 6.45) is 4.45. The number of allylic oxidation sites excluding steroid dienone is 1. The highest BCUT2D eigenvalue weighted by atomic mass is 16.6. The van der Waals surface area contributed by atoms with Gasteiger partial charge in [-0.2, -0.15) is 5.10 Å². The van der Waals surface area contributed by atoms with E-state index in [0.29, 0.717) is 117 Å². The Hall–Kier alpha value is -2.21. The first-order valence-electron chi connectivity index (χ1n) is 12.8. The molecule has 0 bridgehead atoms. The van der Waals surface area contributed by atoms with Crippen molar-refractivity contribution in [3.05, 3.63) is 12.0 Å². The second-order valence-corrected chi connectivity index (χ2v) is 7.26. The summed E-state index contributed by atoms with van der Waals surface area (Å²) in [6, 6.07) is 0. The van der Waals surface area contributed by atoms with Gasteiger partial charge in [-0.25, -0.2) is 0 Å². The van der Waals surface area contributed by atoms with Gasteiger partial charge in [-0.05, 0) is 0 Å². The van der Waals surface area contributed by atoms with Crippen molar-refractivity contribution in [3.63, 3.8) is 0 Å². The first-order chi connectivity index (χ1) is 19.3. The van der Waals surface area contributed by atoms with Crippen molar-refractivity contribution < 1.29 is 42.6 Å². The molecule has 0 spiro atoms. The summed E-state index contributed by atoms with van der Waals surface area (Å²) in [7, 11) is 1.64. The lowest BCUT2D eigenvalue weighted by atomic mass is 10.4. The number of ether oxygens (including phenoxy) is 9. The highest BCUT2D eigenvalue weighted by molar-refractivity contribution is 6.31. The monoisotopic (exact) mass is 564 g/mol. The number of nitrogens with two attached hydrogens (primary N) is 3. The van der Waals surface area contributed by atoms with Crippen LogP contribution in [0.3, 0.4) is 0 Å². The minimum Gasteiger partial charge on any atom is -0.488 e. The minimum absolute atomic E-state index is 0.202. The van der Waals surface area contributed by atoms with E-state index < -0.39 is 0 Å². The van der Waals surface area contributed by atoms with Gasteiger partial charge in [-0.1, -0.05) is 0 Å². The predicted octanol–water partition coefficient (Wildman–Crippen LogP) is -1.06. The predicted molar refractivity (Wildman–Crippen MR) is 148 cm³/mol. The summed E-state index contributed by atoms with van der Waals surface area (Å²) < 4.78 is 48.2. The minimum atomic E-state index is 0.202. The maximum absolute atomic E-state index is 5.49. The van der Waals surface area contributed by atoms with Crippen molar-refractivity contribution in [3.8, 4) is 0 Å². The van der Waals surface area contributed by atoms with E-state index in [9.17, 15) is 0 Å². The van der Waals surface area contributed by atoms with Crippen LogP contribution in [0, 0.1) is 0 Å². The van der Waals surface area contributed by atoms with Gasteiger partial charge in [0.05, 0.1) is 119 Å². The molecule has 15 nitrogen and oxygen atoms in total. The molecule has 0 heterocycles. The largest absolute Gasteiger partial charge is 0.488 e. The molecule has 0 aliphatic heterocycles. The first-order valence-corrected chi connectivity index (χ1v) is 12.8. The second kappa shape index (κ2) is 32.0. The van der Waals surface area contributed by atoms with Crippen molar-refractivity contribution in [2.45, 2.75) is 0 Å². The fraction of sp³-hybridized carbons (Fsp3) is 0.792. The van der Waals surface area contributed by atoms with Crippen LogP contribution in [0.25, 0.3) is 0 Å². The van der Waals surface area contributed by atoms with Crippen LogP contribution < -0.4 is 17.3 Å². The smallest absolute Gasteiger partial charge is 0.152 e. The molecule has 0 aliphatic carbocycles. The van der Waals surface area contributed by atoms with Gasteiger partial charge in [0.15, 0.2) is 5.76 Å². The van der Waals surface area contributed by atoms with Crippen LogP contribution >= 0.6 is 0 Å². The third-order valence-corrected chi connectivity index (χ3v) is 4.29. The first kappa shape index (κ1) is 36.8. The van der Waals surface area contributed by atoms with Gasteiger partial charge in [0, 0.05) is 19.5 Å². The lowest BCUT2D eigenvalue weighted by molar-refractivity contribution is -0.0150. The van der Waals surface area contributed by atoms with Crippen LogP contribution in [0.2, 0.25) is 0 Å². The Morgan fingerprint density at radius 1 is 0.615 bits per heavy atom. The molecule has 6 N–H and O–H groups in total. The van der Waals surface area contributed by atoms with E-state index >= 15 is 0 Å². The lowest BCUT2D eigenvalue weighted by Crippen LogP contribution is -2.17. The van der Waals surface area contributed by atoms with Crippen molar-refractivity contribution in [2.75, 3.05) is 126 Å². The lowest BCUT2D eigenvalue weighted by Gasteiger charge is -2.08. The van der Waals surface area contributed by atoms with Gasteiger partial charge in [-0.15, -0.1) is 0 Å². The summed E-state index contributed by atoms with van der Waals surface area (Å²) in [5.74, 6) is 5.87. The molecule has 0 fully saturated rings. The molecule has 15 heteroatoms. The van der Waals surface area contributed by atoms with Crippen LogP contribution in [0.1, 0.15) is 0 Å². The molecule has 0 saturated heterocycles. The topological polar surface area (TPSA) is 198 Å². The third-order valence-electron chi connectivity index (χ3n) is 4.29. The molecule has 0 aromatic heterocycles. The van der Waals surface area contributed by atoms with Crippen molar-refractivity contribution in [2.24, 2.45) is 32.4 Å². The normalized spacial score (nSPS) is 12.8. The number of hydrazone groups is 1. The van der Waals surface area contributed by atoms with Crippen LogP contribution in [-0.4, -0.2) is 144 Å². The quantitative estimate of drug-likeness (QED) is 0.0239. The number of rotatable bonds is 30. The SMILES string of the molecule is CN=CC(=CN)OCCOCCOCCN=CC(COCCOCCOCCOCCOCCOCN)=NN. The Kier molecular flexibility index (Phi) is 30.2. The molecule has 0 unspecified atom stereocenters. The van der Waals surface area contributed by atoms with Gasteiger partial charge in [-0.3, -0.25) is 9.98 Å². The van der Waals surface area contributed by atoms with E-state index in [2.05, 4.69) is 15.1 Å². The van der Waals surface area contributed by atoms with Gasteiger partial charge < -0.3 is 59.9 Å². The average molecular weight is 565 g/mol. The number of hydrogen-bond donors (Lipinski definition) is 3. The molecule has 0 aliphatic rings. The Labute approximate surface area is 231 Å². The number of hydrogen-bond acceptors (Lipinski definition) is 15. The van der Waals surface area contributed by atoms with Crippen LogP contribution in [0.4, 0.5) is 0 Å². The third kappa shape index (κ3) is 28.6. The van der Waals surface area contributed by atoms with Crippen molar-refractivity contribution in [1.82, 2.24) is 0 Å². The molecule has 0 radical (unpaired) electrons. The highest BCUT2D eigenvalue weighted by Gasteiger charge is 1.98. The molecular formula is C24H48N6O9. The van der Waals surface area contributed by atoms with E-state index in [1.165, 1.54) is 12.4 Å². The molecule has 0 atom stereocenters. The summed E-state index contributed by atoms with van der Waals surface area (Å²) in [5.41, 5.74) is 11.1. The van der Waals surface area contributed by atoms with Crippen LogP contribution in [0.15, 0.2) is 27.0 Å². The van der Waals surface area contributed by atoms with Crippen LogP contribution in [-0.2, 0) is 42.6 Å². The van der Waals surface area contributed by atoms with Gasteiger partial charge in [0.1, 0.15) is 12.3 Å². The molecular weight excluding hydrogens is 516 g/mol. The zero-order valence-electron chi connectivity index (χ0n) is 23.2. The summed E-state index contributed by atoms with van der Waals surface area (Å²) in [4.78, 5) is 8.05. The standard InChI is InChI=1S/C24H48N6O9/c1-28-20-24(18-25)39-17-16-36-5-4-31-3-2-29-19-23(30-27)21-37-14-12-34-10-8-32-6-7-33-9-11-35-13-15-38-22-26/h18-20H,2-17,21-22,25-27H2,1H3. The average Bonchev–Trinajstić information content (AvgIpc) is 2.95. The van der Waals surface area contributed by atoms with Crippen molar-refractivity contribution >= 4 is 18.1 Å². The molecule has 228 valence electrons. The number of aliphatic imine (C=N–C) groups is 2. The van der Waals surface area contributed by atoms with Gasteiger partial charge in [0.25, 0.3) is 0 Å². The van der Waals surface area contributed by atoms with E-state index in [4.69, 9.17) is 59.9 Å². The van der Waals surface area contributed by atoms with Gasteiger partial charge >= 0.3 is 0 Å². The second-order valence-electron chi connectivity index (χ2n) is 7.26. The molecule has 0 aromatic carbocycles. The summed E-state index contributed by atoms with van der Waals surface area (Å²) in [5, 5.41) is 3.66. The molecule has 0 rings (SSSR count). The van der Waals surface area contributed by atoms with Crippen LogP contribution in [0.5, 0.6) is 0 Å². The molecule has 0 amide bonds. The van der Waals surface area contributed by atoms with Crippen molar-refractivity contribution in [1.29, 1.82) is 0 Å². The Morgan fingerprint density at radius 2 is 1.08 bits per heavy atom. The van der Waals surface area contributed by atoms with E-state index in [-0.39, 0.29) is 13.3 Å². The highest BCUT2D eigenvalue weighted by Crippen LogP contribution is 1.91. The number of nitrogens with zero attached hydrogens (tertiary/aromatic N) is 3. The zero-order chi connectivity index (χ0) is 28.5. The molecule has 0 aromatic rings. The summed E-state index contributed by atoms with van der Waals surface area (Å²) >= 11 is 0. The van der Waals surface area contributed by atoms with E-state index in [1.807, 2.05) is 0 Å². The Morgan fingerprint density at radius 3 is 1.54 bits per heavy atom. The van der Waals surface area contributed by atoms with Gasteiger partial charge in [0.2, 0.25) is 0 Å². The maximum atomic E-state index is 5.49. The molecule has 0 saturated carbocycles.